The van der Waals surface area contributed by atoms with E-state index in [-0.39, 0.29) is 24.8 Å². The Hall–Kier alpha value is -1.42. The zero-order chi connectivity index (χ0) is 10.6. The molecule has 0 unspecified atom stereocenters. The summed E-state index contributed by atoms with van der Waals surface area (Å²) in [6.45, 7) is -0.196. The topological polar surface area (TPSA) is 40.5 Å². The van der Waals surface area contributed by atoms with Gasteiger partial charge in [0.05, 0.1) is 13.0 Å². The summed E-state index contributed by atoms with van der Waals surface area (Å²) in [7, 11) is 1.55. The fourth-order valence-electron chi connectivity index (χ4n) is 1.09. The van der Waals surface area contributed by atoms with Gasteiger partial charge in [0.2, 0.25) is 5.91 Å². The van der Waals surface area contributed by atoms with Crippen LogP contribution in [0.15, 0.2) is 24.3 Å². The standard InChI is InChI=1S/C10H12FNO2/c1-12(10(14)5-6-13)9-4-2-3-8(11)7-9/h2-4,7,13H,5-6H2,1H3. The summed E-state index contributed by atoms with van der Waals surface area (Å²) in [5, 5.41) is 8.57. The smallest absolute Gasteiger partial charge is 0.229 e. The first-order chi connectivity index (χ1) is 6.65. The number of anilines is 1. The van der Waals surface area contributed by atoms with Gasteiger partial charge < -0.3 is 10.0 Å². The molecule has 76 valence electrons. The van der Waals surface area contributed by atoms with Gasteiger partial charge in [-0.2, -0.15) is 0 Å². The van der Waals surface area contributed by atoms with Crippen molar-refractivity contribution in [2.75, 3.05) is 18.6 Å². The van der Waals surface area contributed by atoms with Crippen LogP contribution in [0.5, 0.6) is 0 Å². The normalized spacial score (nSPS) is 9.93. The highest BCUT2D eigenvalue weighted by molar-refractivity contribution is 5.92. The van der Waals surface area contributed by atoms with Gasteiger partial charge in [0, 0.05) is 12.7 Å². The van der Waals surface area contributed by atoms with Crippen molar-refractivity contribution in [2.24, 2.45) is 0 Å². The van der Waals surface area contributed by atoms with Crippen molar-refractivity contribution in [1.29, 1.82) is 0 Å². The second kappa shape index (κ2) is 4.72. The van der Waals surface area contributed by atoms with Gasteiger partial charge in [-0.15, -0.1) is 0 Å². The van der Waals surface area contributed by atoms with E-state index in [2.05, 4.69) is 0 Å². The predicted octanol–water partition coefficient (Wildman–Crippen LogP) is 1.17. The quantitative estimate of drug-likeness (QED) is 0.790. The van der Waals surface area contributed by atoms with Crippen LogP contribution >= 0.6 is 0 Å². The molecular weight excluding hydrogens is 185 g/mol. The zero-order valence-electron chi connectivity index (χ0n) is 7.90. The second-order valence-electron chi connectivity index (χ2n) is 2.91. The molecule has 0 aliphatic rings. The molecule has 0 spiro atoms. The third-order valence-electron chi connectivity index (χ3n) is 1.90. The third-order valence-corrected chi connectivity index (χ3v) is 1.90. The molecule has 0 aliphatic carbocycles. The third kappa shape index (κ3) is 2.53. The second-order valence-corrected chi connectivity index (χ2v) is 2.91. The van der Waals surface area contributed by atoms with Crippen LogP contribution in [-0.2, 0) is 4.79 Å². The highest BCUT2D eigenvalue weighted by Crippen LogP contribution is 2.14. The fourth-order valence-corrected chi connectivity index (χ4v) is 1.09. The molecule has 1 aromatic carbocycles. The predicted molar refractivity (Wildman–Crippen MR) is 51.5 cm³/mol. The lowest BCUT2D eigenvalue weighted by atomic mass is 10.2. The molecule has 0 aromatic heterocycles. The van der Waals surface area contributed by atoms with Gasteiger partial charge in [0.1, 0.15) is 5.82 Å². The summed E-state index contributed by atoms with van der Waals surface area (Å²) in [4.78, 5) is 12.6. The van der Waals surface area contributed by atoms with Crippen molar-refractivity contribution in [1.82, 2.24) is 0 Å². The van der Waals surface area contributed by atoms with Crippen LogP contribution in [0.25, 0.3) is 0 Å². The summed E-state index contributed by atoms with van der Waals surface area (Å²) in [5.74, 6) is -0.621. The first kappa shape index (κ1) is 10.7. The molecule has 0 fully saturated rings. The molecule has 0 bridgehead atoms. The molecule has 1 amide bonds. The number of halogens is 1. The highest BCUT2D eigenvalue weighted by Gasteiger charge is 2.09. The largest absolute Gasteiger partial charge is 0.396 e. The summed E-state index contributed by atoms with van der Waals surface area (Å²) >= 11 is 0. The van der Waals surface area contributed by atoms with Crippen LogP contribution in [0.4, 0.5) is 10.1 Å². The summed E-state index contributed by atoms with van der Waals surface area (Å²) in [6.07, 6.45) is 0.0486. The van der Waals surface area contributed by atoms with E-state index in [1.807, 2.05) is 0 Å². The van der Waals surface area contributed by atoms with Gasteiger partial charge in [0.25, 0.3) is 0 Å². The van der Waals surface area contributed by atoms with Crippen molar-refractivity contribution >= 4 is 11.6 Å². The van der Waals surface area contributed by atoms with E-state index in [0.29, 0.717) is 5.69 Å². The SMILES string of the molecule is CN(C(=O)CCO)c1cccc(F)c1. The van der Waals surface area contributed by atoms with E-state index in [4.69, 9.17) is 5.11 Å². The highest BCUT2D eigenvalue weighted by atomic mass is 19.1. The number of nitrogens with zero attached hydrogens (tertiary/aromatic N) is 1. The number of aliphatic hydroxyl groups is 1. The Morgan fingerprint density at radius 2 is 2.29 bits per heavy atom. The monoisotopic (exact) mass is 197 g/mol. The molecule has 0 aliphatic heterocycles. The van der Waals surface area contributed by atoms with Crippen molar-refractivity contribution in [3.63, 3.8) is 0 Å². The van der Waals surface area contributed by atoms with E-state index >= 15 is 0 Å². The van der Waals surface area contributed by atoms with Crippen molar-refractivity contribution in [3.8, 4) is 0 Å². The number of carbonyl (C=O) groups excluding carboxylic acids is 1. The first-order valence-corrected chi connectivity index (χ1v) is 4.28. The van der Waals surface area contributed by atoms with Crippen LogP contribution in [0, 0.1) is 5.82 Å². The molecule has 0 heterocycles. The van der Waals surface area contributed by atoms with Crippen LogP contribution < -0.4 is 4.90 Å². The lowest BCUT2D eigenvalue weighted by molar-refractivity contribution is -0.118. The molecule has 1 aromatic rings. The number of benzene rings is 1. The number of hydrogen-bond acceptors (Lipinski definition) is 2. The number of aliphatic hydroxyl groups excluding tert-OH is 1. The Balaban J connectivity index is 2.78. The molecule has 0 saturated carbocycles. The van der Waals surface area contributed by atoms with Gasteiger partial charge in [-0.3, -0.25) is 4.79 Å². The van der Waals surface area contributed by atoms with E-state index in [9.17, 15) is 9.18 Å². The van der Waals surface area contributed by atoms with Crippen LogP contribution in [0.3, 0.4) is 0 Å². The van der Waals surface area contributed by atoms with Gasteiger partial charge >= 0.3 is 0 Å². The van der Waals surface area contributed by atoms with Gasteiger partial charge in [-0.1, -0.05) is 6.07 Å². The van der Waals surface area contributed by atoms with Gasteiger partial charge in [-0.25, -0.2) is 4.39 Å². The van der Waals surface area contributed by atoms with Gasteiger partial charge in [-0.05, 0) is 18.2 Å². The van der Waals surface area contributed by atoms with E-state index in [0.717, 1.165) is 0 Å². The Morgan fingerprint density at radius 3 is 2.86 bits per heavy atom. The lowest BCUT2D eigenvalue weighted by Gasteiger charge is -2.16. The minimum Gasteiger partial charge on any atom is -0.396 e. The molecule has 14 heavy (non-hydrogen) atoms. The molecular formula is C10H12FNO2. The van der Waals surface area contributed by atoms with Gasteiger partial charge in [0.15, 0.2) is 0 Å². The minimum atomic E-state index is -0.383. The summed E-state index contributed by atoms with van der Waals surface area (Å²) < 4.78 is 12.8. The molecule has 1 N–H and O–H groups in total. The number of hydrogen-bond donors (Lipinski definition) is 1. The van der Waals surface area contributed by atoms with Crippen LogP contribution in [0.2, 0.25) is 0 Å². The van der Waals surface area contributed by atoms with Crippen molar-refractivity contribution < 1.29 is 14.3 Å². The Morgan fingerprint density at radius 1 is 1.57 bits per heavy atom. The number of rotatable bonds is 3. The van der Waals surface area contributed by atoms with Crippen LogP contribution in [0.1, 0.15) is 6.42 Å². The minimum absolute atomic E-state index is 0.0486. The molecule has 3 nitrogen and oxygen atoms in total. The maximum absolute atomic E-state index is 12.8. The summed E-state index contributed by atoms with van der Waals surface area (Å²) in [5.41, 5.74) is 0.489. The fraction of sp³-hybridized carbons (Fsp3) is 0.300. The Kier molecular flexibility index (Phi) is 3.59. The van der Waals surface area contributed by atoms with Crippen molar-refractivity contribution in [2.45, 2.75) is 6.42 Å². The average Bonchev–Trinajstić information content (AvgIpc) is 2.17. The molecule has 0 saturated heterocycles. The molecule has 4 heteroatoms. The maximum atomic E-state index is 12.8. The molecule has 0 radical (unpaired) electrons. The van der Waals surface area contributed by atoms with Crippen LogP contribution in [-0.4, -0.2) is 24.7 Å². The lowest BCUT2D eigenvalue weighted by Crippen LogP contribution is -2.26. The first-order valence-electron chi connectivity index (χ1n) is 4.28. The number of amides is 1. The average molecular weight is 197 g/mol. The Labute approximate surface area is 81.8 Å². The van der Waals surface area contributed by atoms with Crippen molar-refractivity contribution in [3.05, 3.63) is 30.1 Å². The Bertz CT molecular complexity index is 328. The van der Waals surface area contributed by atoms with E-state index in [1.54, 1.807) is 13.1 Å². The molecule has 0 atom stereocenters. The maximum Gasteiger partial charge on any atom is 0.229 e. The molecule has 1 rings (SSSR count). The summed E-state index contributed by atoms with van der Waals surface area (Å²) in [6, 6.07) is 5.76. The zero-order valence-corrected chi connectivity index (χ0v) is 7.90. The van der Waals surface area contributed by atoms with E-state index in [1.165, 1.54) is 23.1 Å². The number of carbonyl (C=O) groups is 1. The van der Waals surface area contributed by atoms with E-state index < -0.39 is 0 Å².